The topological polar surface area (TPSA) is 15.3 Å². The molecule has 0 aliphatic carbocycles. The van der Waals surface area contributed by atoms with Gasteiger partial charge in [-0.05, 0) is 63.8 Å². The van der Waals surface area contributed by atoms with Crippen molar-refractivity contribution in [3.63, 3.8) is 0 Å². The molecule has 0 bridgehead atoms. The van der Waals surface area contributed by atoms with Gasteiger partial charge in [-0.2, -0.15) is 0 Å². The molecule has 1 N–H and O–H groups in total. The number of nitrogens with zero attached hydrogens (tertiary/aromatic N) is 1. The van der Waals surface area contributed by atoms with Crippen LogP contribution in [0, 0.1) is 12.7 Å². The monoisotopic (exact) mass is 278 g/mol. The van der Waals surface area contributed by atoms with Gasteiger partial charge in [0.15, 0.2) is 0 Å². The molecule has 0 spiro atoms. The Balaban J connectivity index is 1.82. The van der Waals surface area contributed by atoms with Gasteiger partial charge in [0.2, 0.25) is 0 Å². The normalized spacial score (nSPS) is 18.4. The molecule has 1 heterocycles. The van der Waals surface area contributed by atoms with Crippen molar-refractivity contribution in [3.8, 4) is 0 Å². The maximum absolute atomic E-state index is 13.1. The number of hydrogen-bond acceptors (Lipinski definition) is 2. The molecule has 1 aromatic carbocycles. The molecule has 1 aliphatic rings. The van der Waals surface area contributed by atoms with Crippen molar-refractivity contribution >= 4 is 0 Å². The SMILES string of the molecule is Cc1cc(F)ccc1CNC1CCN(C(C)(C)C)CC1. The van der Waals surface area contributed by atoms with Crippen LogP contribution in [-0.2, 0) is 6.54 Å². The molecule has 2 nitrogen and oxygen atoms in total. The van der Waals surface area contributed by atoms with Crippen LogP contribution in [0.3, 0.4) is 0 Å². The Labute approximate surface area is 122 Å². The third kappa shape index (κ3) is 4.03. The summed E-state index contributed by atoms with van der Waals surface area (Å²) in [6.07, 6.45) is 2.38. The van der Waals surface area contributed by atoms with E-state index in [0.29, 0.717) is 6.04 Å². The van der Waals surface area contributed by atoms with E-state index in [4.69, 9.17) is 0 Å². The van der Waals surface area contributed by atoms with Crippen molar-refractivity contribution in [2.75, 3.05) is 13.1 Å². The molecule has 1 saturated heterocycles. The predicted octanol–water partition coefficient (Wildman–Crippen LogP) is 3.49. The van der Waals surface area contributed by atoms with E-state index < -0.39 is 0 Å². The fraction of sp³-hybridized carbons (Fsp3) is 0.647. The first-order valence-electron chi connectivity index (χ1n) is 7.60. The lowest BCUT2D eigenvalue weighted by atomic mass is 9.97. The van der Waals surface area contributed by atoms with Gasteiger partial charge in [-0.3, -0.25) is 4.90 Å². The molecule has 2 rings (SSSR count). The van der Waals surface area contributed by atoms with Crippen molar-refractivity contribution in [1.29, 1.82) is 0 Å². The Hall–Kier alpha value is -0.930. The fourth-order valence-corrected chi connectivity index (χ4v) is 2.87. The summed E-state index contributed by atoms with van der Waals surface area (Å²) in [7, 11) is 0. The lowest BCUT2D eigenvalue weighted by Crippen LogP contribution is -2.49. The van der Waals surface area contributed by atoms with Gasteiger partial charge < -0.3 is 5.32 Å². The molecule has 1 aromatic rings. The largest absolute Gasteiger partial charge is 0.310 e. The zero-order valence-electron chi connectivity index (χ0n) is 13.2. The lowest BCUT2D eigenvalue weighted by molar-refractivity contribution is 0.0960. The van der Waals surface area contributed by atoms with Gasteiger partial charge in [-0.25, -0.2) is 4.39 Å². The summed E-state index contributed by atoms with van der Waals surface area (Å²) >= 11 is 0. The molecule has 1 aliphatic heterocycles. The average Bonchev–Trinajstić information content (AvgIpc) is 2.37. The number of piperidine rings is 1. The standard InChI is InChI=1S/C17H27FN2/c1-13-11-15(18)6-5-14(13)12-19-16-7-9-20(10-8-16)17(2,3)4/h5-6,11,16,19H,7-10,12H2,1-4H3. The molecule has 0 amide bonds. The van der Waals surface area contributed by atoms with E-state index in [0.717, 1.165) is 25.2 Å². The number of halogens is 1. The van der Waals surface area contributed by atoms with Crippen molar-refractivity contribution in [3.05, 3.63) is 35.1 Å². The molecule has 0 atom stereocenters. The summed E-state index contributed by atoms with van der Waals surface area (Å²) in [5.41, 5.74) is 2.51. The second-order valence-electron chi connectivity index (χ2n) is 6.88. The fourth-order valence-electron chi connectivity index (χ4n) is 2.87. The van der Waals surface area contributed by atoms with Crippen LogP contribution in [0.2, 0.25) is 0 Å². The quantitative estimate of drug-likeness (QED) is 0.910. The van der Waals surface area contributed by atoms with Crippen LogP contribution >= 0.6 is 0 Å². The maximum Gasteiger partial charge on any atom is 0.123 e. The van der Waals surface area contributed by atoms with E-state index in [9.17, 15) is 4.39 Å². The molecule has 0 saturated carbocycles. The van der Waals surface area contributed by atoms with Crippen LogP contribution < -0.4 is 5.32 Å². The first kappa shape index (κ1) is 15.5. The second kappa shape index (κ2) is 6.23. The van der Waals surface area contributed by atoms with Crippen LogP contribution in [0.1, 0.15) is 44.7 Å². The summed E-state index contributed by atoms with van der Waals surface area (Å²) in [5, 5.41) is 3.62. The molecule has 3 heteroatoms. The average molecular weight is 278 g/mol. The zero-order chi connectivity index (χ0) is 14.8. The number of likely N-dealkylation sites (tertiary alicyclic amines) is 1. The molecule has 1 fully saturated rings. The van der Waals surface area contributed by atoms with Crippen LogP contribution in [0.5, 0.6) is 0 Å². The first-order chi connectivity index (χ1) is 9.36. The molecular formula is C17H27FN2. The van der Waals surface area contributed by atoms with Gasteiger partial charge >= 0.3 is 0 Å². The Morgan fingerprint density at radius 3 is 2.45 bits per heavy atom. The summed E-state index contributed by atoms with van der Waals surface area (Å²) in [6.45, 7) is 12.0. The van der Waals surface area contributed by atoms with E-state index in [1.54, 1.807) is 12.1 Å². The van der Waals surface area contributed by atoms with Gasteiger partial charge in [0, 0.05) is 31.2 Å². The van der Waals surface area contributed by atoms with Gasteiger partial charge in [0.1, 0.15) is 5.82 Å². The van der Waals surface area contributed by atoms with Crippen LogP contribution in [0.4, 0.5) is 4.39 Å². The minimum atomic E-state index is -0.148. The van der Waals surface area contributed by atoms with Crippen molar-refractivity contribution in [1.82, 2.24) is 10.2 Å². The second-order valence-corrected chi connectivity index (χ2v) is 6.88. The van der Waals surface area contributed by atoms with E-state index >= 15 is 0 Å². The van der Waals surface area contributed by atoms with Crippen LogP contribution in [0.15, 0.2) is 18.2 Å². The van der Waals surface area contributed by atoms with Crippen molar-refractivity contribution in [2.24, 2.45) is 0 Å². The maximum atomic E-state index is 13.1. The summed E-state index contributed by atoms with van der Waals surface area (Å²) in [4.78, 5) is 2.55. The molecule has 20 heavy (non-hydrogen) atoms. The highest BCUT2D eigenvalue weighted by Crippen LogP contribution is 2.20. The number of nitrogens with one attached hydrogen (secondary N) is 1. The summed E-state index contributed by atoms with van der Waals surface area (Å²) < 4.78 is 13.1. The Bertz CT molecular complexity index is 443. The molecule has 0 aromatic heterocycles. The smallest absolute Gasteiger partial charge is 0.123 e. The Kier molecular flexibility index (Phi) is 4.82. The highest BCUT2D eigenvalue weighted by molar-refractivity contribution is 5.26. The predicted molar refractivity (Wildman–Crippen MR) is 82.3 cm³/mol. The van der Waals surface area contributed by atoms with Crippen LogP contribution in [-0.4, -0.2) is 29.6 Å². The summed E-state index contributed by atoms with van der Waals surface area (Å²) in [6, 6.07) is 5.63. The van der Waals surface area contributed by atoms with Crippen molar-refractivity contribution in [2.45, 2.75) is 58.7 Å². The number of aryl methyl sites for hydroxylation is 1. The highest BCUT2D eigenvalue weighted by Gasteiger charge is 2.26. The van der Waals surface area contributed by atoms with Crippen LogP contribution in [0.25, 0.3) is 0 Å². The molecular weight excluding hydrogens is 251 g/mol. The Morgan fingerprint density at radius 1 is 1.25 bits per heavy atom. The summed E-state index contributed by atoms with van der Waals surface area (Å²) in [5.74, 6) is -0.148. The van der Waals surface area contributed by atoms with Crippen molar-refractivity contribution < 1.29 is 4.39 Å². The van der Waals surface area contributed by atoms with Gasteiger partial charge in [-0.15, -0.1) is 0 Å². The third-order valence-corrected chi connectivity index (χ3v) is 4.33. The zero-order valence-corrected chi connectivity index (χ0v) is 13.2. The van der Waals surface area contributed by atoms with E-state index in [-0.39, 0.29) is 11.4 Å². The van der Waals surface area contributed by atoms with Gasteiger partial charge in [0.25, 0.3) is 0 Å². The third-order valence-electron chi connectivity index (χ3n) is 4.33. The van der Waals surface area contributed by atoms with Gasteiger partial charge in [-0.1, -0.05) is 6.07 Å². The molecule has 112 valence electrons. The molecule has 0 unspecified atom stereocenters. The van der Waals surface area contributed by atoms with E-state index in [1.807, 2.05) is 13.0 Å². The number of rotatable bonds is 3. The van der Waals surface area contributed by atoms with E-state index in [2.05, 4.69) is 31.0 Å². The van der Waals surface area contributed by atoms with Gasteiger partial charge in [0.05, 0.1) is 0 Å². The lowest BCUT2D eigenvalue weighted by Gasteiger charge is -2.41. The minimum absolute atomic E-state index is 0.148. The molecule has 0 radical (unpaired) electrons. The Morgan fingerprint density at radius 2 is 1.90 bits per heavy atom. The highest BCUT2D eigenvalue weighted by atomic mass is 19.1. The number of hydrogen-bond donors (Lipinski definition) is 1. The first-order valence-corrected chi connectivity index (χ1v) is 7.60. The van der Waals surface area contributed by atoms with E-state index in [1.165, 1.54) is 18.4 Å². The minimum Gasteiger partial charge on any atom is -0.310 e. The number of benzene rings is 1.